The van der Waals surface area contributed by atoms with Crippen LogP contribution in [-0.2, 0) is 7.05 Å². The molecule has 0 aliphatic rings. The lowest BCUT2D eigenvalue weighted by molar-refractivity contribution is 0.0707. The van der Waals surface area contributed by atoms with E-state index in [1.165, 1.54) is 11.3 Å². The first kappa shape index (κ1) is 17.2. The van der Waals surface area contributed by atoms with E-state index in [0.717, 1.165) is 26.4 Å². The number of hydrogen-bond acceptors (Lipinski definition) is 4. The molecule has 0 radical (unpaired) electrons. The van der Waals surface area contributed by atoms with Crippen molar-refractivity contribution >= 4 is 27.5 Å². The molecule has 2 heterocycles. The van der Waals surface area contributed by atoms with Crippen molar-refractivity contribution in [2.75, 3.05) is 6.54 Å². The second-order valence-corrected chi connectivity index (χ2v) is 7.07. The predicted molar refractivity (Wildman–Crippen MR) is 99.6 cm³/mol. The number of amides is 1. The molecule has 5 nitrogen and oxygen atoms in total. The maximum absolute atomic E-state index is 13.1. The number of thiophene rings is 1. The van der Waals surface area contributed by atoms with Crippen molar-refractivity contribution in [3.05, 3.63) is 52.0 Å². The van der Waals surface area contributed by atoms with E-state index in [1.807, 2.05) is 55.6 Å². The van der Waals surface area contributed by atoms with E-state index in [9.17, 15) is 4.79 Å². The van der Waals surface area contributed by atoms with Gasteiger partial charge in [-0.25, -0.2) is 0 Å². The zero-order valence-corrected chi connectivity index (χ0v) is 15.6. The van der Waals surface area contributed by atoms with Crippen LogP contribution < -0.4 is 0 Å². The molecule has 0 aliphatic heterocycles. The van der Waals surface area contributed by atoms with Gasteiger partial charge in [0.25, 0.3) is 5.91 Å². The van der Waals surface area contributed by atoms with Gasteiger partial charge in [-0.3, -0.25) is 9.48 Å². The molecular weight excluding hydrogens is 332 g/mol. The molecule has 1 amide bonds. The van der Waals surface area contributed by atoms with Crippen LogP contribution in [0.4, 0.5) is 0 Å². The minimum absolute atomic E-state index is 0.0277. The van der Waals surface area contributed by atoms with E-state index >= 15 is 0 Å². The number of rotatable bonds is 4. The second kappa shape index (κ2) is 6.69. The fourth-order valence-corrected chi connectivity index (χ4v) is 4.14. The van der Waals surface area contributed by atoms with E-state index in [0.29, 0.717) is 12.1 Å². The monoisotopic (exact) mass is 352 g/mol. The van der Waals surface area contributed by atoms with E-state index in [2.05, 4.69) is 11.2 Å². The van der Waals surface area contributed by atoms with Gasteiger partial charge in [0.05, 0.1) is 28.2 Å². The number of hydrogen-bond donors (Lipinski definition) is 0. The average molecular weight is 352 g/mol. The lowest BCUT2D eigenvalue weighted by atomic mass is 10.0. The van der Waals surface area contributed by atoms with Crippen LogP contribution in [0.2, 0.25) is 0 Å². The Labute approximate surface area is 151 Å². The van der Waals surface area contributed by atoms with Gasteiger partial charge in [0.2, 0.25) is 0 Å². The van der Waals surface area contributed by atoms with Crippen LogP contribution in [0.15, 0.2) is 30.3 Å². The highest BCUT2D eigenvalue weighted by molar-refractivity contribution is 7.20. The summed E-state index contributed by atoms with van der Waals surface area (Å²) >= 11 is 1.48. The summed E-state index contributed by atoms with van der Waals surface area (Å²) in [5.74, 6) is 0.0277. The zero-order chi connectivity index (χ0) is 18.1. The Morgan fingerprint density at radius 3 is 2.64 bits per heavy atom. The third kappa shape index (κ3) is 3.03. The molecule has 0 saturated heterocycles. The van der Waals surface area contributed by atoms with Crippen molar-refractivity contribution in [3.63, 3.8) is 0 Å². The summed E-state index contributed by atoms with van der Waals surface area (Å²) < 4.78 is 1.83. The van der Waals surface area contributed by atoms with Crippen LogP contribution in [-0.4, -0.2) is 27.1 Å². The molecule has 0 aliphatic carbocycles. The van der Waals surface area contributed by atoms with Crippen molar-refractivity contribution in [3.8, 4) is 6.07 Å². The van der Waals surface area contributed by atoms with Crippen molar-refractivity contribution in [2.24, 2.45) is 7.05 Å². The Morgan fingerprint density at radius 1 is 1.40 bits per heavy atom. The van der Waals surface area contributed by atoms with Gasteiger partial charge < -0.3 is 4.90 Å². The molecular formula is C19H20N4OS. The first-order valence-corrected chi connectivity index (χ1v) is 9.02. The van der Waals surface area contributed by atoms with Crippen molar-refractivity contribution < 1.29 is 4.79 Å². The van der Waals surface area contributed by atoms with Gasteiger partial charge in [-0.2, -0.15) is 10.4 Å². The lowest BCUT2D eigenvalue weighted by Crippen LogP contribution is -2.32. The summed E-state index contributed by atoms with van der Waals surface area (Å²) in [6.07, 6.45) is 0. The number of fused-ring (bicyclic) bond motifs is 1. The summed E-state index contributed by atoms with van der Waals surface area (Å²) in [7, 11) is 1.90. The van der Waals surface area contributed by atoms with Crippen LogP contribution in [0.5, 0.6) is 0 Å². The van der Waals surface area contributed by atoms with Crippen molar-refractivity contribution in [2.45, 2.75) is 26.8 Å². The van der Waals surface area contributed by atoms with E-state index in [-0.39, 0.29) is 11.9 Å². The highest BCUT2D eigenvalue weighted by atomic mass is 32.1. The molecule has 1 aromatic carbocycles. The maximum Gasteiger partial charge on any atom is 0.264 e. The quantitative estimate of drug-likeness (QED) is 0.712. The maximum atomic E-state index is 13.1. The smallest absolute Gasteiger partial charge is 0.264 e. The van der Waals surface area contributed by atoms with Gasteiger partial charge in [-0.05, 0) is 44.5 Å². The number of nitrogens with zero attached hydrogens (tertiary/aromatic N) is 4. The third-order valence-corrected chi connectivity index (χ3v) is 5.69. The Hall–Kier alpha value is -2.65. The first-order chi connectivity index (χ1) is 12.0. The number of carbonyl (C=O) groups is 1. The van der Waals surface area contributed by atoms with Crippen LogP contribution in [0.1, 0.15) is 46.4 Å². The standard InChI is InChI=1S/C19H20N4OS/c1-5-23(13(3)15-8-6-14(11-20)7-9-15)18(24)17-10-16-12(2)21-22(4)19(16)25-17/h6-10,13H,5H2,1-4H3. The molecule has 0 spiro atoms. The number of nitriles is 1. The molecule has 128 valence electrons. The van der Waals surface area contributed by atoms with Gasteiger partial charge in [-0.15, -0.1) is 11.3 Å². The normalized spacial score (nSPS) is 12.1. The molecule has 1 unspecified atom stereocenters. The minimum atomic E-state index is -0.0605. The Bertz CT molecular complexity index is 927. The topological polar surface area (TPSA) is 61.9 Å². The van der Waals surface area contributed by atoms with Gasteiger partial charge in [0, 0.05) is 19.0 Å². The Balaban J connectivity index is 1.91. The van der Waals surface area contributed by atoms with E-state index in [4.69, 9.17) is 5.26 Å². The largest absolute Gasteiger partial charge is 0.331 e. The summed E-state index contributed by atoms with van der Waals surface area (Å²) in [5, 5.41) is 14.4. The summed E-state index contributed by atoms with van der Waals surface area (Å²) in [6.45, 7) is 6.58. The molecule has 25 heavy (non-hydrogen) atoms. The van der Waals surface area contributed by atoms with Crippen molar-refractivity contribution in [1.82, 2.24) is 14.7 Å². The Morgan fingerprint density at radius 2 is 2.08 bits per heavy atom. The van der Waals surface area contributed by atoms with Crippen molar-refractivity contribution in [1.29, 1.82) is 5.26 Å². The summed E-state index contributed by atoms with van der Waals surface area (Å²) in [4.78, 5) is 16.7. The number of benzene rings is 1. The second-order valence-electron chi connectivity index (χ2n) is 6.04. The number of aromatic nitrogens is 2. The average Bonchev–Trinajstić information content (AvgIpc) is 3.17. The molecule has 0 N–H and O–H groups in total. The molecule has 2 aromatic heterocycles. The molecule has 1 atom stereocenters. The number of carbonyl (C=O) groups excluding carboxylic acids is 1. The fraction of sp³-hybridized carbons (Fsp3) is 0.316. The van der Waals surface area contributed by atoms with Crippen LogP contribution in [0.25, 0.3) is 10.2 Å². The zero-order valence-electron chi connectivity index (χ0n) is 14.8. The SMILES string of the molecule is CCN(C(=O)c1cc2c(C)nn(C)c2s1)C(C)c1ccc(C#N)cc1. The number of aryl methyl sites for hydroxylation is 2. The van der Waals surface area contributed by atoms with Crippen LogP contribution in [0, 0.1) is 18.3 Å². The lowest BCUT2D eigenvalue weighted by Gasteiger charge is -2.28. The highest BCUT2D eigenvalue weighted by Gasteiger charge is 2.24. The molecule has 0 fully saturated rings. The molecule has 3 aromatic rings. The van der Waals surface area contributed by atoms with Crippen LogP contribution in [0.3, 0.4) is 0 Å². The van der Waals surface area contributed by atoms with Gasteiger partial charge >= 0.3 is 0 Å². The molecule has 6 heteroatoms. The van der Waals surface area contributed by atoms with Gasteiger partial charge in [0.1, 0.15) is 4.83 Å². The van der Waals surface area contributed by atoms with E-state index in [1.54, 1.807) is 12.1 Å². The van der Waals surface area contributed by atoms with Gasteiger partial charge in [0.15, 0.2) is 0 Å². The van der Waals surface area contributed by atoms with Crippen LogP contribution >= 0.6 is 11.3 Å². The summed E-state index contributed by atoms with van der Waals surface area (Å²) in [6, 6.07) is 11.4. The fourth-order valence-electron chi connectivity index (χ4n) is 3.06. The molecule has 0 saturated carbocycles. The molecule has 3 rings (SSSR count). The van der Waals surface area contributed by atoms with Gasteiger partial charge in [-0.1, -0.05) is 12.1 Å². The minimum Gasteiger partial charge on any atom is -0.331 e. The first-order valence-electron chi connectivity index (χ1n) is 8.20. The Kier molecular flexibility index (Phi) is 4.60. The predicted octanol–water partition coefficient (Wildman–Crippen LogP) is 4.04. The van der Waals surface area contributed by atoms with E-state index < -0.39 is 0 Å². The molecule has 0 bridgehead atoms. The summed E-state index contributed by atoms with van der Waals surface area (Å²) in [5.41, 5.74) is 2.59. The highest BCUT2D eigenvalue weighted by Crippen LogP contribution is 2.30. The third-order valence-electron chi connectivity index (χ3n) is 4.50.